The van der Waals surface area contributed by atoms with Gasteiger partial charge in [-0.05, 0) is 45.6 Å². The lowest BCUT2D eigenvalue weighted by Gasteiger charge is -2.07. The van der Waals surface area contributed by atoms with Crippen molar-refractivity contribution in [1.82, 2.24) is 0 Å². The Kier molecular flexibility index (Phi) is 5.13. The smallest absolute Gasteiger partial charge is 0.253 e. The van der Waals surface area contributed by atoms with E-state index in [-0.39, 0.29) is 0 Å². The predicted molar refractivity (Wildman–Crippen MR) is 90.9 cm³/mol. The molecule has 0 saturated heterocycles. The highest BCUT2D eigenvalue weighted by molar-refractivity contribution is 6.68. The van der Waals surface area contributed by atoms with Crippen molar-refractivity contribution in [2.45, 2.75) is 13.8 Å². The molecule has 0 saturated carbocycles. The molecule has 0 aliphatic rings. The van der Waals surface area contributed by atoms with Crippen LogP contribution in [0, 0.1) is 0 Å². The molecule has 0 N–H and O–H groups in total. The van der Waals surface area contributed by atoms with Crippen LogP contribution in [0.4, 0.5) is 0 Å². The maximum Gasteiger partial charge on any atom is 0.253 e. The van der Waals surface area contributed by atoms with E-state index >= 15 is 0 Å². The number of halogens is 1. The fourth-order valence-corrected chi connectivity index (χ4v) is 2.43. The Balaban J connectivity index is 0.000000774. The zero-order valence-electron chi connectivity index (χ0n) is 12.1. The molecule has 0 aliphatic carbocycles. The molecule has 0 heterocycles. The van der Waals surface area contributed by atoms with Gasteiger partial charge in [0.15, 0.2) is 0 Å². The number of carbonyl (C=O) groups is 1. The first-order valence-electron chi connectivity index (χ1n) is 7.04. The van der Waals surface area contributed by atoms with E-state index in [0.717, 1.165) is 21.9 Å². The lowest BCUT2D eigenvalue weighted by Crippen LogP contribution is -1.92. The summed E-state index contributed by atoms with van der Waals surface area (Å²) in [6.07, 6.45) is 0. The topological polar surface area (TPSA) is 17.1 Å². The number of benzene rings is 3. The Morgan fingerprint density at radius 2 is 1.43 bits per heavy atom. The van der Waals surface area contributed by atoms with E-state index in [9.17, 15) is 4.79 Å². The van der Waals surface area contributed by atoms with Crippen LogP contribution in [0.1, 0.15) is 24.2 Å². The summed E-state index contributed by atoms with van der Waals surface area (Å²) in [4.78, 5) is 11.6. The zero-order chi connectivity index (χ0) is 15.2. The van der Waals surface area contributed by atoms with Crippen LogP contribution < -0.4 is 0 Å². The summed E-state index contributed by atoms with van der Waals surface area (Å²) in [5, 5.41) is 1.49. The highest BCUT2D eigenvalue weighted by Gasteiger charge is 2.10. The Morgan fingerprint density at radius 3 is 2.10 bits per heavy atom. The van der Waals surface area contributed by atoms with Gasteiger partial charge in [-0.1, -0.05) is 68.4 Å². The van der Waals surface area contributed by atoms with Gasteiger partial charge in [-0.3, -0.25) is 4.79 Å². The van der Waals surface area contributed by atoms with Gasteiger partial charge < -0.3 is 0 Å². The Hall–Kier alpha value is -2.12. The number of fused-ring (bicyclic) bond motifs is 1. The largest absolute Gasteiger partial charge is 0.276 e. The van der Waals surface area contributed by atoms with Crippen LogP contribution in [0.5, 0.6) is 0 Å². The van der Waals surface area contributed by atoms with E-state index in [2.05, 4.69) is 6.07 Å². The fourth-order valence-electron chi connectivity index (χ4n) is 2.27. The van der Waals surface area contributed by atoms with Crippen molar-refractivity contribution < 1.29 is 4.79 Å². The van der Waals surface area contributed by atoms with E-state index in [1.54, 1.807) is 0 Å². The predicted octanol–water partition coefficient (Wildman–Crippen LogP) is 5.91. The first-order valence-corrected chi connectivity index (χ1v) is 7.41. The summed E-state index contributed by atoms with van der Waals surface area (Å²) in [7, 11) is 0. The zero-order valence-corrected chi connectivity index (χ0v) is 12.9. The van der Waals surface area contributed by atoms with Gasteiger partial charge in [0.1, 0.15) is 0 Å². The van der Waals surface area contributed by atoms with Crippen molar-refractivity contribution in [2.75, 3.05) is 0 Å². The third-order valence-electron chi connectivity index (χ3n) is 3.18. The number of hydrogen-bond donors (Lipinski definition) is 0. The number of carbonyl (C=O) groups excluding carboxylic acids is 1. The minimum Gasteiger partial charge on any atom is -0.276 e. The molecule has 0 aliphatic heterocycles. The second-order valence-electron chi connectivity index (χ2n) is 4.38. The molecule has 0 atom stereocenters. The maximum atomic E-state index is 11.6. The monoisotopic (exact) mass is 296 g/mol. The van der Waals surface area contributed by atoms with Gasteiger partial charge in [-0.25, -0.2) is 0 Å². The van der Waals surface area contributed by atoms with Crippen LogP contribution in [0.2, 0.25) is 0 Å². The summed E-state index contributed by atoms with van der Waals surface area (Å²) in [6, 6.07) is 21.7. The van der Waals surface area contributed by atoms with E-state index in [0.29, 0.717) is 5.56 Å². The van der Waals surface area contributed by atoms with Crippen LogP contribution in [0.15, 0.2) is 66.7 Å². The molecule has 0 spiro atoms. The van der Waals surface area contributed by atoms with Gasteiger partial charge in [-0.2, -0.15) is 0 Å². The lowest BCUT2D eigenvalue weighted by atomic mass is 9.97. The first kappa shape index (κ1) is 15.3. The van der Waals surface area contributed by atoms with Gasteiger partial charge in [0.2, 0.25) is 0 Å². The SMILES string of the molecule is CC.O=C(Cl)c1cc(-c2ccccc2)cc2ccccc12. The molecule has 3 rings (SSSR count). The Morgan fingerprint density at radius 1 is 0.810 bits per heavy atom. The van der Waals surface area contributed by atoms with E-state index in [1.807, 2.05) is 74.5 Å². The molecule has 1 nitrogen and oxygen atoms in total. The van der Waals surface area contributed by atoms with E-state index in [4.69, 9.17) is 11.6 Å². The molecule has 0 unspecified atom stereocenters. The third kappa shape index (κ3) is 3.32. The third-order valence-corrected chi connectivity index (χ3v) is 3.38. The molecule has 3 aromatic carbocycles. The van der Waals surface area contributed by atoms with Crippen LogP contribution >= 0.6 is 11.6 Å². The van der Waals surface area contributed by atoms with Crippen molar-refractivity contribution in [3.8, 4) is 11.1 Å². The van der Waals surface area contributed by atoms with E-state index in [1.165, 1.54) is 0 Å². The van der Waals surface area contributed by atoms with Crippen molar-refractivity contribution >= 4 is 27.6 Å². The summed E-state index contributed by atoms with van der Waals surface area (Å²) in [5.41, 5.74) is 2.63. The van der Waals surface area contributed by atoms with Crippen molar-refractivity contribution in [1.29, 1.82) is 0 Å². The van der Waals surface area contributed by atoms with Gasteiger partial charge in [0, 0.05) is 5.56 Å². The Labute approximate surface area is 130 Å². The second-order valence-corrected chi connectivity index (χ2v) is 4.73. The second kappa shape index (κ2) is 7.05. The van der Waals surface area contributed by atoms with Crippen LogP contribution in [0.25, 0.3) is 21.9 Å². The molecule has 3 aromatic rings. The standard InChI is InChI=1S/C17H11ClO.C2H6/c18-17(19)16-11-14(12-6-2-1-3-7-12)10-13-8-4-5-9-15(13)16;1-2/h1-11H;1-2H3. The molecular formula is C19H17ClO. The molecule has 0 bridgehead atoms. The van der Waals surface area contributed by atoms with Gasteiger partial charge in [0.05, 0.1) is 0 Å². The Bertz CT molecular complexity index is 748. The first-order chi connectivity index (χ1) is 10.3. The highest BCUT2D eigenvalue weighted by atomic mass is 35.5. The quantitative estimate of drug-likeness (QED) is 0.537. The average Bonchev–Trinajstić information content (AvgIpc) is 2.56. The molecule has 0 amide bonds. The summed E-state index contributed by atoms with van der Waals surface area (Å²) in [5.74, 6) is 0. The molecule has 106 valence electrons. The summed E-state index contributed by atoms with van der Waals surface area (Å²) in [6.45, 7) is 4.00. The van der Waals surface area contributed by atoms with Gasteiger partial charge in [0.25, 0.3) is 5.24 Å². The van der Waals surface area contributed by atoms with Crippen LogP contribution in [-0.4, -0.2) is 5.24 Å². The van der Waals surface area contributed by atoms with Crippen molar-refractivity contribution in [2.24, 2.45) is 0 Å². The fraction of sp³-hybridized carbons (Fsp3) is 0.105. The van der Waals surface area contributed by atoms with E-state index < -0.39 is 5.24 Å². The molecular weight excluding hydrogens is 280 g/mol. The minimum atomic E-state index is -0.422. The number of hydrogen-bond acceptors (Lipinski definition) is 1. The summed E-state index contributed by atoms with van der Waals surface area (Å²) >= 11 is 5.70. The molecule has 0 aromatic heterocycles. The van der Waals surface area contributed by atoms with Crippen molar-refractivity contribution in [3.05, 3.63) is 72.3 Å². The maximum absolute atomic E-state index is 11.6. The molecule has 0 fully saturated rings. The van der Waals surface area contributed by atoms with Crippen LogP contribution in [0.3, 0.4) is 0 Å². The highest BCUT2D eigenvalue weighted by Crippen LogP contribution is 2.28. The molecule has 21 heavy (non-hydrogen) atoms. The van der Waals surface area contributed by atoms with Gasteiger partial charge >= 0.3 is 0 Å². The molecule has 2 heteroatoms. The number of rotatable bonds is 2. The lowest BCUT2D eigenvalue weighted by molar-refractivity contribution is 0.108. The normalized spacial score (nSPS) is 9.86. The molecule has 0 radical (unpaired) electrons. The summed E-state index contributed by atoms with van der Waals surface area (Å²) < 4.78 is 0. The van der Waals surface area contributed by atoms with Crippen molar-refractivity contribution in [3.63, 3.8) is 0 Å². The van der Waals surface area contributed by atoms with Gasteiger partial charge in [-0.15, -0.1) is 0 Å². The average molecular weight is 297 g/mol. The van der Waals surface area contributed by atoms with Crippen LogP contribution in [-0.2, 0) is 0 Å². The minimum absolute atomic E-state index is 0.422.